The summed E-state index contributed by atoms with van der Waals surface area (Å²) in [5.74, 6) is -2.07. The average molecular weight is 145 g/mol. The van der Waals surface area contributed by atoms with Gasteiger partial charge in [0.05, 0.1) is 5.69 Å². The molecular weight excluding hydrogens is 140 g/mol. The molecule has 0 fully saturated rings. The summed E-state index contributed by atoms with van der Waals surface area (Å²) in [5.41, 5.74) is 1.26. The maximum atomic E-state index is 12.4. The Morgan fingerprint density at radius 2 is 2.00 bits per heavy atom. The Labute approximate surface area is 56.1 Å². The van der Waals surface area contributed by atoms with Crippen LogP contribution in [0.5, 0.6) is 0 Å². The number of rotatable bonds is 1. The molecule has 0 aliphatic rings. The van der Waals surface area contributed by atoms with E-state index in [4.69, 9.17) is 5.21 Å². The smallest absolute Gasteiger partial charge is 0.184 e. The fourth-order valence-corrected chi connectivity index (χ4v) is 0.590. The molecule has 1 rings (SSSR count). The minimum atomic E-state index is -1.08. The summed E-state index contributed by atoms with van der Waals surface area (Å²) in [5, 5.41) is 8.19. The van der Waals surface area contributed by atoms with E-state index in [-0.39, 0.29) is 5.69 Å². The lowest BCUT2D eigenvalue weighted by Gasteiger charge is -1.98. The zero-order chi connectivity index (χ0) is 7.56. The average Bonchev–Trinajstić information content (AvgIpc) is 1.95. The lowest BCUT2D eigenvalue weighted by atomic mass is 10.3. The van der Waals surface area contributed by atoms with Gasteiger partial charge in [-0.3, -0.25) is 10.7 Å². The fourth-order valence-electron chi connectivity index (χ4n) is 0.590. The molecule has 0 aromatic heterocycles. The second-order valence-electron chi connectivity index (χ2n) is 1.71. The van der Waals surface area contributed by atoms with E-state index in [1.54, 1.807) is 0 Å². The summed E-state index contributed by atoms with van der Waals surface area (Å²) in [6.07, 6.45) is 0. The zero-order valence-electron chi connectivity index (χ0n) is 4.94. The lowest BCUT2D eigenvalue weighted by Crippen LogP contribution is -1.94. The zero-order valence-corrected chi connectivity index (χ0v) is 4.94. The summed E-state index contributed by atoms with van der Waals surface area (Å²) >= 11 is 0. The number of anilines is 1. The second kappa shape index (κ2) is 2.62. The van der Waals surface area contributed by atoms with Gasteiger partial charge in [-0.25, -0.2) is 8.78 Å². The summed E-state index contributed by atoms with van der Waals surface area (Å²) in [6, 6.07) is 3.48. The summed E-state index contributed by atoms with van der Waals surface area (Å²) in [7, 11) is 0. The van der Waals surface area contributed by atoms with Crippen molar-refractivity contribution >= 4 is 5.69 Å². The third-order valence-corrected chi connectivity index (χ3v) is 1.07. The highest BCUT2D eigenvalue weighted by Crippen LogP contribution is 2.14. The first-order chi connectivity index (χ1) is 4.75. The molecule has 0 spiro atoms. The first kappa shape index (κ1) is 6.95. The van der Waals surface area contributed by atoms with E-state index in [9.17, 15) is 8.78 Å². The van der Waals surface area contributed by atoms with E-state index < -0.39 is 11.6 Å². The Balaban J connectivity index is 3.14. The molecule has 0 bridgehead atoms. The Kier molecular flexibility index (Phi) is 1.82. The second-order valence-corrected chi connectivity index (χ2v) is 1.71. The van der Waals surface area contributed by atoms with Gasteiger partial charge < -0.3 is 0 Å². The van der Waals surface area contributed by atoms with Crippen LogP contribution in [0, 0.1) is 11.6 Å². The molecule has 4 heteroatoms. The molecule has 0 saturated heterocycles. The molecule has 2 nitrogen and oxygen atoms in total. The molecule has 1 aromatic rings. The van der Waals surface area contributed by atoms with Gasteiger partial charge in [-0.2, -0.15) is 0 Å². The lowest BCUT2D eigenvalue weighted by molar-refractivity contribution is 0.380. The molecule has 10 heavy (non-hydrogen) atoms. The van der Waals surface area contributed by atoms with Crippen molar-refractivity contribution in [1.29, 1.82) is 0 Å². The van der Waals surface area contributed by atoms with Gasteiger partial charge in [0.15, 0.2) is 11.6 Å². The van der Waals surface area contributed by atoms with Crippen LogP contribution in [-0.2, 0) is 0 Å². The highest BCUT2D eigenvalue weighted by atomic mass is 19.2. The molecule has 54 valence electrons. The van der Waals surface area contributed by atoms with Crippen LogP contribution in [0.15, 0.2) is 18.2 Å². The topological polar surface area (TPSA) is 32.3 Å². The first-order valence-corrected chi connectivity index (χ1v) is 2.60. The van der Waals surface area contributed by atoms with Crippen LogP contribution in [0.1, 0.15) is 0 Å². The third kappa shape index (κ3) is 1.06. The van der Waals surface area contributed by atoms with Gasteiger partial charge in [0.1, 0.15) is 0 Å². The summed E-state index contributed by atoms with van der Waals surface area (Å²) in [6.45, 7) is 0. The van der Waals surface area contributed by atoms with E-state index in [1.807, 2.05) is 0 Å². The van der Waals surface area contributed by atoms with Crippen LogP contribution in [0.4, 0.5) is 14.5 Å². The normalized spacial score (nSPS) is 9.50. The van der Waals surface area contributed by atoms with E-state index in [0.29, 0.717) is 0 Å². The van der Waals surface area contributed by atoms with Crippen LogP contribution in [0.25, 0.3) is 0 Å². The maximum Gasteiger partial charge on any atom is 0.184 e. The van der Waals surface area contributed by atoms with Crippen LogP contribution in [0.3, 0.4) is 0 Å². The van der Waals surface area contributed by atoms with Crippen molar-refractivity contribution in [2.24, 2.45) is 0 Å². The highest BCUT2D eigenvalue weighted by molar-refractivity contribution is 5.42. The molecule has 1 aromatic carbocycles. The molecule has 0 amide bonds. The van der Waals surface area contributed by atoms with Gasteiger partial charge in [0.25, 0.3) is 0 Å². The molecule has 0 radical (unpaired) electrons. The van der Waals surface area contributed by atoms with Crippen molar-refractivity contribution in [2.45, 2.75) is 0 Å². The molecule has 0 unspecified atom stereocenters. The summed E-state index contributed by atoms with van der Waals surface area (Å²) < 4.78 is 24.6. The van der Waals surface area contributed by atoms with Gasteiger partial charge >= 0.3 is 0 Å². The minimum absolute atomic E-state index is 0.264. The Morgan fingerprint density at radius 3 is 2.50 bits per heavy atom. The quantitative estimate of drug-likeness (QED) is 0.590. The molecule has 0 atom stereocenters. The highest BCUT2D eigenvalue weighted by Gasteiger charge is 2.04. The monoisotopic (exact) mass is 145 g/mol. The Morgan fingerprint density at radius 1 is 1.30 bits per heavy atom. The van der Waals surface area contributed by atoms with E-state index >= 15 is 0 Å². The minimum Gasteiger partial charge on any atom is -0.291 e. The van der Waals surface area contributed by atoms with Crippen molar-refractivity contribution in [1.82, 2.24) is 0 Å². The fraction of sp³-hybridized carbons (Fsp3) is 0. The third-order valence-electron chi connectivity index (χ3n) is 1.07. The van der Waals surface area contributed by atoms with Crippen LogP contribution in [0.2, 0.25) is 0 Å². The van der Waals surface area contributed by atoms with Gasteiger partial charge in [-0.15, -0.1) is 0 Å². The van der Waals surface area contributed by atoms with Crippen molar-refractivity contribution in [3.05, 3.63) is 29.8 Å². The van der Waals surface area contributed by atoms with Crippen LogP contribution < -0.4 is 5.48 Å². The largest absolute Gasteiger partial charge is 0.291 e. The Bertz CT molecular complexity index is 239. The van der Waals surface area contributed by atoms with Crippen LogP contribution in [-0.4, -0.2) is 5.21 Å². The number of halogens is 2. The molecule has 0 aliphatic heterocycles. The molecular formula is C6H5F2NO. The number of hydrogen-bond acceptors (Lipinski definition) is 2. The molecule has 0 heterocycles. The van der Waals surface area contributed by atoms with Gasteiger partial charge in [-0.1, -0.05) is 6.07 Å². The molecule has 2 N–H and O–H groups in total. The first-order valence-electron chi connectivity index (χ1n) is 2.60. The SMILES string of the molecule is ONc1cccc(F)c1F. The van der Waals surface area contributed by atoms with Gasteiger partial charge in [0, 0.05) is 0 Å². The Hall–Kier alpha value is -1.16. The van der Waals surface area contributed by atoms with E-state index in [1.165, 1.54) is 17.6 Å². The number of benzene rings is 1. The van der Waals surface area contributed by atoms with E-state index in [2.05, 4.69) is 0 Å². The van der Waals surface area contributed by atoms with Gasteiger partial charge in [0.2, 0.25) is 0 Å². The van der Waals surface area contributed by atoms with Crippen molar-refractivity contribution in [3.8, 4) is 0 Å². The molecule has 0 saturated carbocycles. The van der Waals surface area contributed by atoms with Crippen molar-refractivity contribution < 1.29 is 14.0 Å². The number of hydrogen-bond donors (Lipinski definition) is 2. The van der Waals surface area contributed by atoms with E-state index in [0.717, 1.165) is 6.07 Å². The van der Waals surface area contributed by atoms with Crippen LogP contribution >= 0.6 is 0 Å². The van der Waals surface area contributed by atoms with Crippen molar-refractivity contribution in [3.63, 3.8) is 0 Å². The standard InChI is InChI=1S/C6H5F2NO/c7-4-2-1-3-5(9-10)6(4)8/h1-3,9-10H. The maximum absolute atomic E-state index is 12.4. The molecule has 0 aliphatic carbocycles. The predicted octanol–water partition coefficient (Wildman–Crippen LogP) is 1.77. The summed E-state index contributed by atoms with van der Waals surface area (Å²) in [4.78, 5) is 0. The van der Waals surface area contributed by atoms with Gasteiger partial charge in [-0.05, 0) is 12.1 Å². The number of nitrogens with one attached hydrogen (secondary N) is 1. The van der Waals surface area contributed by atoms with Crippen molar-refractivity contribution in [2.75, 3.05) is 5.48 Å². The predicted molar refractivity (Wildman–Crippen MR) is 31.8 cm³/mol.